The van der Waals surface area contributed by atoms with Crippen LogP contribution in [0.2, 0.25) is 0 Å². The molecule has 0 spiro atoms. The molecule has 0 aliphatic rings. The van der Waals surface area contributed by atoms with E-state index in [0.29, 0.717) is 0 Å². The molecular weight excluding hydrogens is 258 g/mol. The van der Waals surface area contributed by atoms with Gasteiger partial charge in [-0.05, 0) is 18.9 Å². The molecule has 1 heterocycles. The van der Waals surface area contributed by atoms with Crippen molar-refractivity contribution in [2.24, 2.45) is 0 Å². The Labute approximate surface area is 127 Å². The molecule has 2 aromatic rings. The highest BCUT2D eigenvalue weighted by atomic mass is 15.0. The second-order valence-corrected chi connectivity index (χ2v) is 6.42. The summed E-state index contributed by atoms with van der Waals surface area (Å²) in [5.74, 6) is 1.77. The first-order valence-electron chi connectivity index (χ1n) is 7.53. The van der Waals surface area contributed by atoms with Crippen molar-refractivity contribution in [1.29, 1.82) is 0 Å². The first kappa shape index (κ1) is 15.5. The predicted molar refractivity (Wildman–Crippen MR) is 89.8 cm³/mol. The Morgan fingerprint density at radius 2 is 1.67 bits per heavy atom. The normalized spacial score (nSPS) is 11.5. The fourth-order valence-electron chi connectivity index (χ4n) is 2.27. The van der Waals surface area contributed by atoms with Crippen LogP contribution in [-0.4, -0.2) is 17.0 Å². The molecule has 0 atom stereocenters. The largest absolute Gasteiger partial charge is 0.373 e. The fourth-order valence-corrected chi connectivity index (χ4v) is 2.27. The Bertz CT molecular complexity index is 622. The van der Waals surface area contributed by atoms with E-state index < -0.39 is 0 Å². The van der Waals surface area contributed by atoms with Gasteiger partial charge in [0.2, 0.25) is 0 Å². The third kappa shape index (κ3) is 3.23. The molecule has 0 amide bonds. The number of hydrogen-bond acceptors (Lipinski definition) is 3. The van der Waals surface area contributed by atoms with Gasteiger partial charge in [0.05, 0.1) is 5.69 Å². The van der Waals surface area contributed by atoms with Gasteiger partial charge >= 0.3 is 0 Å². The Kier molecular flexibility index (Phi) is 4.31. The molecule has 0 aliphatic carbocycles. The van der Waals surface area contributed by atoms with Crippen LogP contribution in [0.5, 0.6) is 0 Å². The van der Waals surface area contributed by atoms with Crippen molar-refractivity contribution in [3.8, 4) is 11.3 Å². The van der Waals surface area contributed by atoms with E-state index >= 15 is 0 Å². The maximum absolute atomic E-state index is 4.83. The summed E-state index contributed by atoms with van der Waals surface area (Å²) in [5.41, 5.74) is 4.53. The predicted octanol–water partition coefficient (Wildman–Crippen LogP) is 4.35. The van der Waals surface area contributed by atoms with Crippen molar-refractivity contribution in [2.45, 2.75) is 46.5 Å². The van der Waals surface area contributed by atoms with Gasteiger partial charge in [-0.3, -0.25) is 0 Å². The lowest BCUT2D eigenvalue weighted by Gasteiger charge is -2.20. The molecule has 0 unspecified atom stereocenters. The second-order valence-electron chi connectivity index (χ2n) is 6.42. The van der Waals surface area contributed by atoms with Crippen LogP contribution in [0.4, 0.5) is 5.82 Å². The molecule has 2 rings (SSSR count). The highest BCUT2D eigenvalue weighted by Crippen LogP contribution is 2.29. The fraction of sp³-hybridized carbons (Fsp3) is 0.444. The van der Waals surface area contributed by atoms with Crippen molar-refractivity contribution >= 4 is 5.82 Å². The van der Waals surface area contributed by atoms with Gasteiger partial charge in [0.25, 0.3) is 0 Å². The SMILES string of the molecule is CCc1ccc(-c2nc(C(C)(C)C)nc(NC)c2C)cc1. The van der Waals surface area contributed by atoms with Crippen LogP contribution in [0.3, 0.4) is 0 Å². The lowest BCUT2D eigenvalue weighted by atomic mass is 9.94. The lowest BCUT2D eigenvalue weighted by Crippen LogP contribution is -2.18. The van der Waals surface area contributed by atoms with Crippen LogP contribution in [0.15, 0.2) is 24.3 Å². The minimum absolute atomic E-state index is 0.0720. The Balaban J connectivity index is 2.60. The quantitative estimate of drug-likeness (QED) is 0.909. The van der Waals surface area contributed by atoms with E-state index in [-0.39, 0.29) is 5.41 Å². The number of aromatic nitrogens is 2. The molecule has 0 fully saturated rings. The van der Waals surface area contributed by atoms with E-state index in [1.54, 1.807) is 0 Å². The lowest BCUT2D eigenvalue weighted by molar-refractivity contribution is 0.546. The zero-order valence-electron chi connectivity index (χ0n) is 13.9. The molecule has 1 aromatic carbocycles. The van der Waals surface area contributed by atoms with Crippen LogP contribution in [0.25, 0.3) is 11.3 Å². The van der Waals surface area contributed by atoms with Crippen molar-refractivity contribution in [3.63, 3.8) is 0 Å². The van der Waals surface area contributed by atoms with E-state index in [0.717, 1.165) is 34.9 Å². The van der Waals surface area contributed by atoms with Gasteiger partial charge < -0.3 is 5.32 Å². The van der Waals surface area contributed by atoms with Crippen molar-refractivity contribution in [1.82, 2.24) is 9.97 Å². The summed E-state index contributed by atoms with van der Waals surface area (Å²) in [6.07, 6.45) is 1.05. The van der Waals surface area contributed by atoms with Gasteiger partial charge in [-0.1, -0.05) is 52.0 Å². The molecule has 112 valence electrons. The van der Waals surface area contributed by atoms with Crippen LogP contribution < -0.4 is 5.32 Å². The van der Waals surface area contributed by atoms with Gasteiger partial charge in [0.15, 0.2) is 0 Å². The summed E-state index contributed by atoms with van der Waals surface area (Å²) in [4.78, 5) is 9.49. The minimum atomic E-state index is -0.0720. The highest BCUT2D eigenvalue weighted by Gasteiger charge is 2.21. The van der Waals surface area contributed by atoms with Crippen LogP contribution in [-0.2, 0) is 11.8 Å². The summed E-state index contributed by atoms with van der Waals surface area (Å²) in [6, 6.07) is 8.65. The number of nitrogens with one attached hydrogen (secondary N) is 1. The Hall–Kier alpha value is -1.90. The van der Waals surface area contributed by atoms with Crippen LogP contribution >= 0.6 is 0 Å². The zero-order chi connectivity index (χ0) is 15.6. The molecule has 21 heavy (non-hydrogen) atoms. The Morgan fingerprint density at radius 1 is 1.05 bits per heavy atom. The summed E-state index contributed by atoms with van der Waals surface area (Å²) in [6.45, 7) is 10.7. The van der Waals surface area contributed by atoms with Crippen molar-refractivity contribution < 1.29 is 0 Å². The average Bonchev–Trinajstić information content (AvgIpc) is 2.46. The molecular formula is C18H25N3. The maximum atomic E-state index is 4.83. The number of hydrogen-bond donors (Lipinski definition) is 1. The van der Waals surface area contributed by atoms with E-state index in [2.05, 4.69) is 69.2 Å². The monoisotopic (exact) mass is 283 g/mol. The van der Waals surface area contributed by atoms with Gasteiger partial charge in [-0.2, -0.15) is 0 Å². The van der Waals surface area contributed by atoms with Gasteiger partial charge in [0.1, 0.15) is 11.6 Å². The van der Waals surface area contributed by atoms with E-state index in [9.17, 15) is 0 Å². The smallest absolute Gasteiger partial charge is 0.136 e. The molecule has 1 N–H and O–H groups in total. The number of aryl methyl sites for hydroxylation is 1. The van der Waals surface area contributed by atoms with E-state index in [1.165, 1.54) is 5.56 Å². The summed E-state index contributed by atoms with van der Waals surface area (Å²) >= 11 is 0. The standard InChI is InChI=1S/C18H25N3/c1-7-13-8-10-14(11-9-13)15-12(2)16(19-6)21-17(20-15)18(3,4)5/h8-11H,7H2,1-6H3,(H,19,20,21). The van der Waals surface area contributed by atoms with E-state index in [1.807, 2.05) is 7.05 Å². The van der Waals surface area contributed by atoms with Crippen molar-refractivity contribution in [3.05, 3.63) is 41.2 Å². The zero-order valence-corrected chi connectivity index (χ0v) is 13.9. The van der Waals surface area contributed by atoms with Crippen LogP contribution in [0, 0.1) is 6.92 Å². The molecule has 1 aromatic heterocycles. The molecule has 0 aliphatic heterocycles. The van der Waals surface area contributed by atoms with E-state index in [4.69, 9.17) is 4.98 Å². The maximum Gasteiger partial charge on any atom is 0.136 e. The van der Waals surface area contributed by atoms with Gasteiger partial charge in [-0.15, -0.1) is 0 Å². The number of nitrogens with zero attached hydrogens (tertiary/aromatic N) is 2. The molecule has 3 heteroatoms. The Morgan fingerprint density at radius 3 is 2.14 bits per heavy atom. The molecule has 0 bridgehead atoms. The third-order valence-corrected chi connectivity index (χ3v) is 3.69. The number of rotatable bonds is 3. The average molecular weight is 283 g/mol. The first-order chi connectivity index (χ1) is 9.86. The molecule has 0 radical (unpaired) electrons. The molecule has 3 nitrogen and oxygen atoms in total. The summed E-state index contributed by atoms with van der Waals surface area (Å²) in [7, 11) is 1.91. The van der Waals surface area contributed by atoms with Crippen LogP contribution in [0.1, 0.15) is 44.6 Å². The highest BCUT2D eigenvalue weighted by molar-refractivity contribution is 5.68. The van der Waals surface area contributed by atoms with Crippen molar-refractivity contribution in [2.75, 3.05) is 12.4 Å². The first-order valence-corrected chi connectivity index (χ1v) is 7.53. The van der Waals surface area contributed by atoms with Gasteiger partial charge in [-0.25, -0.2) is 9.97 Å². The number of anilines is 1. The molecule has 0 saturated heterocycles. The second kappa shape index (κ2) is 5.84. The number of benzene rings is 1. The minimum Gasteiger partial charge on any atom is -0.373 e. The molecule has 0 saturated carbocycles. The summed E-state index contributed by atoms with van der Waals surface area (Å²) in [5, 5.41) is 3.19. The topological polar surface area (TPSA) is 37.8 Å². The van der Waals surface area contributed by atoms with Gasteiger partial charge in [0, 0.05) is 23.6 Å². The third-order valence-electron chi connectivity index (χ3n) is 3.69. The summed E-state index contributed by atoms with van der Waals surface area (Å²) < 4.78 is 0.